The molecule has 0 aliphatic heterocycles. The van der Waals surface area contributed by atoms with Gasteiger partial charge in [0.25, 0.3) is 5.91 Å². The summed E-state index contributed by atoms with van der Waals surface area (Å²) < 4.78 is 31.9. The van der Waals surface area contributed by atoms with Gasteiger partial charge in [-0.3, -0.25) is 9.59 Å². The molecule has 0 unspecified atom stereocenters. The van der Waals surface area contributed by atoms with Gasteiger partial charge in [-0.1, -0.05) is 13.8 Å². The van der Waals surface area contributed by atoms with Crippen molar-refractivity contribution in [1.82, 2.24) is 14.6 Å². The van der Waals surface area contributed by atoms with E-state index >= 15 is 0 Å². The predicted molar refractivity (Wildman–Crippen MR) is 104 cm³/mol. The first-order valence-electron chi connectivity index (χ1n) is 8.75. The third-order valence-electron chi connectivity index (χ3n) is 4.28. The maximum Gasteiger partial charge on any atom is 0.339 e. The molecule has 9 nitrogen and oxygen atoms in total. The fourth-order valence-electron chi connectivity index (χ4n) is 2.76. The summed E-state index contributed by atoms with van der Waals surface area (Å²) in [5, 5.41) is 2.57. The number of ether oxygens (including phenoxy) is 1. The van der Waals surface area contributed by atoms with Gasteiger partial charge in [-0.2, -0.15) is 4.31 Å². The van der Waals surface area contributed by atoms with E-state index in [9.17, 15) is 22.8 Å². The molecule has 28 heavy (non-hydrogen) atoms. The summed E-state index contributed by atoms with van der Waals surface area (Å²) in [7, 11) is -2.36. The molecule has 1 heterocycles. The molecule has 0 saturated heterocycles. The molecule has 0 radical (unpaired) electrons. The van der Waals surface area contributed by atoms with Crippen molar-refractivity contribution in [3.8, 4) is 0 Å². The van der Waals surface area contributed by atoms with Gasteiger partial charge in [-0.15, -0.1) is 0 Å². The van der Waals surface area contributed by atoms with E-state index in [0.717, 1.165) is 6.07 Å². The molecule has 0 spiro atoms. The van der Waals surface area contributed by atoms with Crippen LogP contribution in [0.1, 0.15) is 31.1 Å². The van der Waals surface area contributed by atoms with Crippen LogP contribution in [0.5, 0.6) is 0 Å². The predicted octanol–water partition coefficient (Wildman–Crippen LogP) is 0.850. The molecule has 1 atom stereocenters. The van der Waals surface area contributed by atoms with Crippen molar-refractivity contribution in [3.05, 3.63) is 40.2 Å². The Morgan fingerprint density at radius 1 is 1.21 bits per heavy atom. The number of rotatable bonds is 7. The second-order valence-electron chi connectivity index (χ2n) is 6.01. The Labute approximate surface area is 162 Å². The lowest BCUT2D eigenvalue weighted by molar-refractivity contribution is -0.128. The first-order valence-corrected chi connectivity index (χ1v) is 10.2. The van der Waals surface area contributed by atoms with Crippen LogP contribution in [0.25, 0.3) is 10.9 Å². The van der Waals surface area contributed by atoms with Gasteiger partial charge in [0.05, 0.1) is 10.5 Å². The first kappa shape index (κ1) is 21.6. The van der Waals surface area contributed by atoms with Gasteiger partial charge in [-0.25, -0.2) is 13.2 Å². The van der Waals surface area contributed by atoms with Gasteiger partial charge in [-0.05, 0) is 25.1 Å². The van der Waals surface area contributed by atoms with Gasteiger partial charge in [0.2, 0.25) is 15.6 Å². The average Bonchev–Trinajstić information content (AvgIpc) is 2.66. The molecule has 0 fully saturated rings. The molecule has 2 rings (SSSR count). The highest BCUT2D eigenvalue weighted by Gasteiger charge is 2.24. The van der Waals surface area contributed by atoms with E-state index in [4.69, 9.17) is 4.74 Å². The highest BCUT2D eigenvalue weighted by molar-refractivity contribution is 7.89. The number of likely N-dealkylation sites (N-methyl/N-ethyl adjacent to an activating group) is 1. The number of H-pyrrole nitrogens is 1. The molecule has 2 N–H and O–H groups in total. The van der Waals surface area contributed by atoms with Crippen LogP contribution in [-0.2, 0) is 19.6 Å². The van der Waals surface area contributed by atoms with E-state index in [1.54, 1.807) is 13.8 Å². The maximum atomic E-state index is 12.8. The standard InChI is InChI=1S/C18H23N3O6S/c1-5-21(6-2)28(25,26)12-7-8-15-13(9-12)14(10-16(22)20-15)18(24)27-11(3)17(23)19-4/h7-11H,5-6H2,1-4H3,(H,19,23)(H,20,22)/t11-/m0/s1. The van der Waals surface area contributed by atoms with Crippen molar-refractivity contribution >= 4 is 32.8 Å². The quantitative estimate of drug-likeness (QED) is 0.653. The molecule has 152 valence electrons. The van der Waals surface area contributed by atoms with Gasteiger partial charge >= 0.3 is 5.97 Å². The second-order valence-corrected chi connectivity index (χ2v) is 7.94. The lowest BCUT2D eigenvalue weighted by Gasteiger charge is -2.19. The van der Waals surface area contributed by atoms with E-state index in [2.05, 4.69) is 10.3 Å². The molecule has 0 aliphatic rings. The number of pyridine rings is 1. The van der Waals surface area contributed by atoms with E-state index in [-0.39, 0.29) is 21.4 Å². The SMILES string of the molecule is CCN(CC)S(=O)(=O)c1ccc2[nH]c(=O)cc(C(=O)O[C@@H](C)C(=O)NC)c2c1. The van der Waals surface area contributed by atoms with Crippen LogP contribution in [-0.4, -0.2) is 55.8 Å². The van der Waals surface area contributed by atoms with E-state index in [0.29, 0.717) is 13.1 Å². The number of fused-ring (bicyclic) bond motifs is 1. The number of hydrogen-bond donors (Lipinski definition) is 2. The number of hydrogen-bond acceptors (Lipinski definition) is 6. The van der Waals surface area contributed by atoms with Crippen LogP contribution >= 0.6 is 0 Å². The lowest BCUT2D eigenvalue weighted by atomic mass is 10.1. The van der Waals surface area contributed by atoms with E-state index in [1.165, 1.54) is 36.5 Å². The summed E-state index contributed by atoms with van der Waals surface area (Å²) in [5.74, 6) is -1.41. The molecule has 1 aromatic heterocycles. The number of esters is 1. The zero-order chi connectivity index (χ0) is 21.1. The number of nitrogens with one attached hydrogen (secondary N) is 2. The van der Waals surface area contributed by atoms with Crippen LogP contribution in [0, 0.1) is 0 Å². The number of nitrogens with zero attached hydrogens (tertiary/aromatic N) is 1. The molecule has 0 saturated carbocycles. The average molecular weight is 409 g/mol. The number of benzene rings is 1. The Bertz CT molecular complexity index is 1060. The summed E-state index contributed by atoms with van der Waals surface area (Å²) in [4.78, 5) is 38.6. The normalized spacial score (nSPS) is 12.8. The van der Waals surface area contributed by atoms with Crippen molar-refractivity contribution in [2.24, 2.45) is 0 Å². The molecule has 0 bridgehead atoms. The van der Waals surface area contributed by atoms with Crippen molar-refractivity contribution < 1.29 is 22.7 Å². The summed E-state index contributed by atoms with van der Waals surface area (Å²) in [6, 6.07) is 5.13. The molecule has 10 heteroatoms. The smallest absolute Gasteiger partial charge is 0.339 e. The summed E-state index contributed by atoms with van der Waals surface area (Å²) in [6.45, 7) is 5.43. The van der Waals surface area contributed by atoms with Crippen molar-refractivity contribution in [3.63, 3.8) is 0 Å². The van der Waals surface area contributed by atoms with Crippen LogP contribution < -0.4 is 10.9 Å². The zero-order valence-electron chi connectivity index (χ0n) is 16.1. The topological polar surface area (TPSA) is 126 Å². The third-order valence-corrected chi connectivity index (χ3v) is 6.32. The minimum absolute atomic E-state index is 0.0100. The Hall–Kier alpha value is -2.72. The molecule has 0 aliphatic carbocycles. The van der Waals surface area contributed by atoms with Crippen LogP contribution in [0.2, 0.25) is 0 Å². The Kier molecular flexibility index (Phi) is 6.57. The van der Waals surface area contributed by atoms with Crippen LogP contribution in [0.15, 0.2) is 34.0 Å². The minimum Gasteiger partial charge on any atom is -0.449 e. The highest BCUT2D eigenvalue weighted by Crippen LogP contribution is 2.23. The number of aromatic nitrogens is 1. The summed E-state index contributed by atoms with van der Waals surface area (Å²) in [5.41, 5.74) is -0.386. The van der Waals surface area contributed by atoms with Crippen LogP contribution in [0.4, 0.5) is 0 Å². The summed E-state index contributed by atoms with van der Waals surface area (Å²) >= 11 is 0. The van der Waals surface area contributed by atoms with E-state index < -0.39 is 33.6 Å². The molecule has 1 amide bonds. The van der Waals surface area contributed by atoms with E-state index in [1.807, 2.05) is 0 Å². The van der Waals surface area contributed by atoms with Gasteiger partial charge in [0.15, 0.2) is 6.10 Å². The number of carbonyl (C=O) groups excluding carboxylic acids is 2. The molecule has 2 aromatic rings. The largest absolute Gasteiger partial charge is 0.449 e. The van der Waals surface area contributed by atoms with Gasteiger partial charge in [0.1, 0.15) is 0 Å². The van der Waals surface area contributed by atoms with Crippen LogP contribution in [0.3, 0.4) is 0 Å². The van der Waals surface area contributed by atoms with Crippen molar-refractivity contribution in [1.29, 1.82) is 0 Å². The zero-order valence-corrected chi connectivity index (χ0v) is 16.9. The minimum atomic E-state index is -3.76. The highest BCUT2D eigenvalue weighted by atomic mass is 32.2. The third kappa shape index (κ3) is 4.23. The number of aromatic amines is 1. The number of carbonyl (C=O) groups is 2. The Balaban J connectivity index is 2.59. The molecule has 1 aromatic carbocycles. The number of amides is 1. The Morgan fingerprint density at radius 3 is 2.43 bits per heavy atom. The number of sulfonamides is 1. The molecular weight excluding hydrogens is 386 g/mol. The van der Waals surface area contributed by atoms with Gasteiger partial charge < -0.3 is 15.0 Å². The summed E-state index contributed by atoms with van der Waals surface area (Å²) in [6.07, 6.45) is -1.07. The fraction of sp³-hybridized carbons (Fsp3) is 0.389. The first-order chi connectivity index (χ1) is 13.1. The second kappa shape index (κ2) is 8.53. The maximum absolute atomic E-state index is 12.8. The van der Waals surface area contributed by atoms with Gasteiger partial charge in [0, 0.05) is 37.1 Å². The fourth-order valence-corrected chi connectivity index (χ4v) is 4.24. The monoisotopic (exact) mass is 409 g/mol. The Morgan fingerprint density at radius 2 is 1.86 bits per heavy atom. The lowest BCUT2D eigenvalue weighted by Crippen LogP contribution is -2.33. The molecular formula is C18H23N3O6S. The van der Waals surface area contributed by atoms with Crippen molar-refractivity contribution in [2.75, 3.05) is 20.1 Å². The van der Waals surface area contributed by atoms with Crippen molar-refractivity contribution in [2.45, 2.75) is 31.8 Å².